The van der Waals surface area contributed by atoms with Crippen LogP contribution in [0.25, 0.3) is 0 Å². The summed E-state index contributed by atoms with van der Waals surface area (Å²) >= 11 is 0. The molecule has 200 valence electrons. The average Bonchev–Trinajstić information content (AvgIpc) is 3.03. The summed E-state index contributed by atoms with van der Waals surface area (Å²) in [6, 6.07) is 3.64. The normalized spacial score (nSPS) is 21.0. The Morgan fingerprint density at radius 2 is 1.95 bits per heavy atom. The molecule has 3 aliphatic rings. The summed E-state index contributed by atoms with van der Waals surface area (Å²) in [5.74, 6) is -1.86. The van der Waals surface area contributed by atoms with Gasteiger partial charge in [-0.15, -0.1) is 0 Å². The number of carbonyl (C=O) groups excluding carboxylic acids is 1. The maximum Gasteiger partial charge on any atom is 0.303 e. The van der Waals surface area contributed by atoms with Crippen molar-refractivity contribution >= 4 is 21.8 Å². The predicted octanol–water partition coefficient (Wildman–Crippen LogP) is 0.0930. The van der Waals surface area contributed by atoms with Crippen LogP contribution in [0.1, 0.15) is 34.7 Å². The van der Waals surface area contributed by atoms with Crippen molar-refractivity contribution in [3.63, 3.8) is 0 Å². The molecule has 1 spiro atoms. The monoisotopic (exact) mass is 537 g/mol. The van der Waals surface area contributed by atoms with Crippen LogP contribution in [0.4, 0.5) is 10.1 Å². The highest BCUT2D eigenvalue weighted by molar-refractivity contribution is 7.90. The number of fused-ring (bicyclic) bond motifs is 2. The summed E-state index contributed by atoms with van der Waals surface area (Å²) in [7, 11) is -2.39. The zero-order chi connectivity index (χ0) is 26.4. The molecule has 1 aromatic carbocycles. The topological polar surface area (TPSA) is 143 Å². The van der Waals surface area contributed by atoms with Crippen LogP contribution in [0, 0.1) is 5.82 Å². The molecule has 12 nitrogen and oxygen atoms in total. The lowest BCUT2D eigenvalue weighted by molar-refractivity contribution is 0.00413. The van der Waals surface area contributed by atoms with Gasteiger partial charge in [-0.05, 0) is 30.5 Å². The number of anilines is 1. The van der Waals surface area contributed by atoms with Gasteiger partial charge in [0.1, 0.15) is 11.6 Å². The number of ether oxygens (including phenoxy) is 2. The van der Waals surface area contributed by atoms with Crippen molar-refractivity contribution in [2.45, 2.75) is 31.3 Å². The maximum absolute atomic E-state index is 14.1. The van der Waals surface area contributed by atoms with Crippen LogP contribution in [0.2, 0.25) is 0 Å². The van der Waals surface area contributed by atoms with Crippen molar-refractivity contribution in [3.05, 3.63) is 51.5 Å². The molecule has 1 amide bonds. The summed E-state index contributed by atoms with van der Waals surface area (Å²) in [4.78, 5) is 30.7. The molecule has 2 aromatic rings. The molecule has 2 saturated heterocycles. The van der Waals surface area contributed by atoms with Gasteiger partial charge in [0, 0.05) is 39.9 Å². The average molecular weight is 538 g/mol. The van der Waals surface area contributed by atoms with Crippen molar-refractivity contribution in [2.24, 2.45) is 0 Å². The van der Waals surface area contributed by atoms with E-state index in [1.54, 1.807) is 0 Å². The first-order valence-corrected chi connectivity index (χ1v) is 13.3. The third kappa shape index (κ3) is 4.47. The van der Waals surface area contributed by atoms with Gasteiger partial charge in [-0.3, -0.25) is 18.5 Å². The van der Waals surface area contributed by atoms with Crippen LogP contribution in [-0.2, 0) is 38.2 Å². The van der Waals surface area contributed by atoms with Gasteiger partial charge in [0.05, 0.1) is 30.9 Å². The van der Waals surface area contributed by atoms with Crippen LogP contribution >= 0.6 is 0 Å². The van der Waals surface area contributed by atoms with Crippen molar-refractivity contribution in [1.82, 2.24) is 19.2 Å². The smallest absolute Gasteiger partial charge is 0.303 e. The Balaban J connectivity index is 1.46. The molecule has 2 N–H and O–H groups in total. The van der Waals surface area contributed by atoms with Crippen molar-refractivity contribution in [2.75, 3.05) is 50.9 Å². The number of likely N-dealkylation sites (N-methyl/N-ethyl adjacent to an activating group) is 1. The summed E-state index contributed by atoms with van der Waals surface area (Å²) < 4.78 is 54.2. The molecule has 5 rings (SSSR count). The van der Waals surface area contributed by atoms with Gasteiger partial charge in [0.2, 0.25) is 5.75 Å². The Labute approximate surface area is 212 Å². The number of halogens is 1. The number of rotatable bonds is 4. The van der Waals surface area contributed by atoms with Gasteiger partial charge < -0.3 is 19.9 Å². The number of amides is 1. The SMILES string of the molecule is CN1CCN(c2cc(F)ccc2CNC(=O)c2nc3n(c(=O)c2O)CCOCC32CCOCC2)S1(=O)=O. The van der Waals surface area contributed by atoms with Gasteiger partial charge in [-0.1, -0.05) is 6.07 Å². The molecule has 0 saturated carbocycles. The molecule has 4 heterocycles. The second kappa shape index (κ2) is 9.67. The quantitative estimate of drug-likeness (QED) is 0.559. The number of aromatic nitrogens is 2. The molecule has 0 radical (unpaired) electrons. The van der Waals surface area contributed by atoms with Crippen LogP contribution in [0.15, 0.2) is 23.0 Å². The highest BCUT2D eigenvalue weighted by Crippen LogP contribution is 2.36. The molecule has 0 aliphatic carbocycles. The number of hydrogen-bond acceptors (Lipinski definition) is 8. The molecule has 2 fully saturated rings. The largest absolute Gasteiger partial charge is 0.501 e. The second-order valence-corrected chi connectivity index (χ2v) is 11.4. The zero-order valence-corrected chi connectivity index (χ0v) is 21.1. The van der Waals surface area contributed by atoms with Gasteiger partial charge in [-0.2, -0.15) is 12.7 Å². The van der Waals surface area contributed by atoms with E-state index in [0.717, 1.165) is 20.7 Å². The van der Waals surface area contributed by atoms with E-state index in [4.69, 9.17) is 9.47 Å². The molecular weight excluding hydrogens is 509 g/mol. The fourth-order valence-electron chi connectivity index (χ4n) is 4.99. The highest BCUT2D eigenvalue weighted by Gasteiger charge is 2.42. The van der Waals surface area contributed by atoms with E-state index in [0.29, 0.717) is 44.1 Å². The van der Waals surface area contributed by atoms with Gasteiger partial charge in [0.25, 0.3) is 11.5 Å². The maximum atomic E-state index is 14.1. The number of benzene rings is 1. The molecule has 3 aliphatic heterocycles. The van der Waals surface area contributed by atoms with Crippen LogP contribution in [-0.4, -0.2) is 79.9 Å². The predicted molar refractivity (Wildman–Crippen MR) is 129 cm³/mol. The number of nitrogens with one attached hydrogen (secondary N) is 1. The number of nitrogens with zero attached hydrogens (tertiary/aromatic N) is 4. The number of aromatic hydroxyl groups is 1. The minimum Gasteiger partial charge on any atom is -0.501 e. The van der Waals surface area contributed by atoms with E-state index in [1.165, 1.54) is 17.7 Å². The zero-order valence-electron chi connectivity index (χ0n) is 20.3. The third-order valence-electron chi connectivity index (χ3n) is 7.17. The minimum atomic E-state index is -3.82. The number of carbonyl (C=O) groups is 1. The Hall–Kier alpha value is -3.07. The Kier molecular flexibility index (Phi) is 6.68. The first-order valence-electron chi connectivity index (χ1n) is 11.9. The molecular formula is C23H28FN5O7S. The lowest BCUT2D eigenvalue weighted by atomic mass is 9.80. The molecule has 0 bridgehead atoms. The van der Waals surface area contributed by atoms with E-state index in [2.05, 4.69) is 10.3 Å². The fourth-order valence-corrected chi connectivity index (χ4v) is 6.37. The number of hydrogen-bond donors (Lipinski definition) is 2. The van der Waals surface area contributed by atoms with Crippen molar-refractivity contribution < 1.29 is 32.2 Å². The van der Waals surface area contributed by atoms with Crippen LogP contribution < -0.4 is 15.2 Å². The summed E-state index contributed by atoms with van der Waals surface area (Å²) in [6.45, 7) is 1.84. The molecule has 14 heteroatoms. The molecule has 37 heavy (non-hydrogen) atoms. The van der Waals surface area contributed by atoms with E-state index < -0.39 is 44.4 Å². The molecule has 0 unspecified atom stereocenters. The minimum absolute atomic E-state index is 0.0992. The van der Waals surface area contributed by atoms with E-state index in [1.807, 2.05) is 0 Å². The van der Waals surface area contributed by atoms with E-state index >= 15 is 0 Å². The lowest BCUT2D eigenvalue weighted by Crippen LogP contribution is -2.43. The lowest BCUT2D eigenvalue weighted by Gasteiger charge is -2.35. The van der Waals surface area contributed by atoms with Gasteiger partial charge in [-0.25, -0.2) is 9.37 Å². The Bertz CT molecular complexity index is 1390. The summed E-state index contributed by atoms with van der Waals surface area (Å²) in [5, 5.41) is 13.2. The van der Waals surface area contributed by atoms with Gasteiger partial charge >= 0.3 is 10.2 Å². The van der Waals surface area contributed by atoms with E-state index in [9.17, 15) is 27.5 Å². The van der Waals surface area contributed by atoms with Gasteiger partial charge in [0.15, 0.2) is 5.69 Å². The molecule has 1 aromatic heterocycles. The van der Waals surface area contributed by atoms with Crippen LogP contribution in [0.3, 0.4) is 0 Å². The second-order valence-electron chi connectivity index (χ2n) is 9.39. The first kappa shape index (κ1) is 25.6. The highest BCUT2D eigenvalue weighted by atomic mass is 32.2. The summed E-state index contributed by atoms with van der Waals surface area (Å²) in [5.41, 5.74) is -1.35. The van der Waals surface area contributed by atoms with Crippen molar-refractivity contribution in [3.8, 4) is 5.75 Å². The first-order chi connectivity index (χ1) is 17.6. The Morgan fingerprint density at radius 1 is 1.19 bits per heavy atom. The third-order valence-corrected chi connectivity index (χ3v) is 9.07. The standard InChI is InChI=1S/C23H28FN5O7S/c1-27-6-7-29(37(27,33)34)17-12-16(24)3-2-15(17)13-25-20(31)18-19(30)21(32)28-8-11-36-14-23(22(28)26-18)4-9-35-10-5-23/h2-3,12,30H,4-11,13-14H2,1H3,(H,25,31). The van der Waals surface area contributed by atoms with Crippen LogP contribution in [0.5, 0.6) is 5.75 Å². The summed E-state index contributed by atoms with van der Waals surface area (Å²) in [6.07, 6.45) is 1.09. The molecule has 0 atom stereocenters. The fraction of sp³-hybridized carbons (Fsp3) is 0.522. The van der Waals surface area contributed by atoms with E-state index in [-0.39, 0.29) is 38.5 Å². The Morgan fingerprint density at radius 3 is 2.65 bits per heavy atom. The van der Waals surface area contributed by atoms with Crippen molar-refractivity contribution in [1.29, 1.82) is 0 Å².